The molecule has 0 unspecified atom stereocenters. The number of piperazine rings is 1. The molecule has 0 bridgehead atoms. The van der Waals surface area contributed by atoms with Crippen LogP contribution in [-0.4, -0.2) is 36.2 Å². The van der Waals surface area contributed by atoms with Crippen molar-refractivity contribution in [1.29, 1.82) is 0 Å². The Labute approximate surface area is 169 Å². The SMILES string of the molecule is Cl.Cl.Oc1c(Br)cc(Br)cc1[C@H](c1cccs1)N1CCNCC1. The van der Waals surface area contributed by atoms with Gasteiger partial charge in [0.1, 0.15) is 5.75 Å². The fourth-order valence-electron chi connectivity index (χ4n) is 2.71. The van der Waals surface area contributed by atoms with Gasteiger partial charge in [0.25, 0.3) is 0 Å². The molecule has 1 aliphatic heterocycles. The number of hydrogen-bond acceptors (Lipinski definition) is 4. The second-order valence-corrected chi connectivity index (χ2v) is 7.78. The lowest BCUT2D eigenvalue weighted by Crippen LogP contribution is -2.45. The molecular formula is C15H18Br2Cl2N2OS. The van der Waals surface area contributed by atoms with E-state index in [1.54, 1.807) is 11.3 Å². The third-order valence-corrected chi connectivity index (χ3v) is 5.67. The zero-order valence-corrected chi connectivity index (χ0v) is 17.8. The third-order valence-electron chi connectivity index (χ3n) is 3.68. The summed E-state index contributed by atoms with van der Waals surface area (Å²) in [5.41, 5.74) is 0.945. The number of nitrogens with one attached hydrogen (secondary N) is 1. The quantitative estimate of drug-likeness (QED) is 0.629. The molecular weight excluding hydrogens is 487 g/mol. The van der Waals surface area contributed by atoms with Crippen molar-refractivity contribution in [3.05, 3.63) is 49.0 Å². The molecule has 0 spiro atoms. The minimum Gasteiger partial charge on any atom is -0.506 e. The highest BCUT2D eigenvalue weighted by Gasteiger charge is 2.27. The Bertz CT molecular complexity index is 622. The highest BCUT2D eigenvalue weighted by atomic mass is 79.9. The number of hydrogen-bond donors (Lipinski definition) is 2. The van der Waals surface area contributed by atoms with Crippen LogP contribution in [0, 0.1) is 0 Å². The molecule has 3 rings (SSSR count). The molecule has 23 heavy (non-hydrogen) atoms. The lowest BCUT2D eigenvalue weighted by Gasteiger charge is -2.35. The number of thiophene rings is 1. The number of rotatable bonds is 3. The van der Waals surface area contributed by atoms with E-state index in [2.05, 4.69) is 59.6 Å². The van der Waals surface area contributed by atoms with Crippen LogP contribution >= 0.6 is 68.0 Å². The van der Waals surface area contributed by atoms with Crippen molar-refractivity contribution in [2.24, 2.45) is 0 Å². The maximum atomic E-state index is 10.5. The zero-order chi connectivity index (χ0) is 14.8. The molecule has 1 saturated heterocycles. The van der Waals surface area contributed by atoms with E-state index in [1.807, 2.05) is 12.1 Å². The molecule has 1 fully saturated rings. The van der Waals surface area contributed by atoms with Gasteiger partial charge in [0.05, 0.1) is 10.5 Å². The van der Waals surface area contributed by atoms with Crippen molar-refractivity contribution in [3.8, 4) is 5.75 Å². The number of nitrogens with zero attached hydrogens (tertiary/aromatic N) is 1. The lowest BCUT2D eigenvalue weighted by atomic mass is 10.0. The smallest absolute Gasteiger partial charge is 0.134 e. The van der Waals surface area contributed by atoms with Crippen LogP contribution in [0.2, 0.25) is 0 Å². The van der Waals surface area contributed by atoms with Crippen molar-refractivity contribution in [1.82, 2.24) is 10.2 Å². The van der Waals surface area contributed by atoms with Gasteiger partial charge in [-0.05, 0) is 39.5 Å². The second-order valence-electron chi connectivity index (χ2n) is 5.03. The largest absolute Gasteiger partial charge is 0.506 e. The van der Waals surface area contributed by atoms with Gasteiger partial charge in [0, 0.05) is 41.1 Å². The van der Waals surface area contributed by atoms with Crippen LogP contribution in [0.4, 0.5) is 0 Å². The third kappa shape index (κ3) is 4.84. The molecule has 2 N–H and O–H groups in total. The zero-order valence-electron chi connectivity index (χ0n) is 12.2. The Morgan fingerprint density at radius 2 is 1.87 bits per heavy atom. The molecule has 8 heteroatoms. The van der Waals surface area contributed by atoms with Crippen LogP contribution in [0.1, 0.15) is 16.5 Å². The van der Waals surface area contributed by atoms with Gasteiger partial charge in [-0.3, -0.25) is 4.90 Å². The van der Waals surface area contributed by atoms with Crippen LogP contribution in [0.25, 0.3) is 0 Å². The van der Waals surface area contributed by atoms with Crippen molar-refractivity contribution in [2.75, 3.05) is 26.2 Å². The number of benzene rings is 1. The van der Waals surface area contributed by atoms with Crippen LogP contribution in [0.3, 0.4) is 0 Å². The molecule has 0 radical (unpaired) electrons. The summed E-state index contributed by atoms with van der Waals surface area (Å²) in [6.45, 7) is 3.92. The summed E-state index contributed by atoms with van der Waals surface area (Å²) < 4.78 is 1.70. The lowest BCUT2D eigenvalue weighted by molar-refractivity contribution is 0.198. The topological polar surface area (TPSA) is 35.5 Å². The summed E-state index contributed by atoms with van der Waals surface area (Å²) >= 11 is 8.72. The molecule has 2 heterocycles. The van der Waals surface area contributed by atoms with Gasteiger partial charge in [-0.1, -0.05) is 22.0 Å². The number of phenols is 1. The second kappa shape index (κ2) is 9.61. The molecule has 1 aliphatic rings. The fraction of sp³-hybridized carbons (Fsp3) is 0.333. The Kier molecular flexibility index (Phi) is 8.87. The van der Waals surface area contributed by atoms with Gasteiger partial charge >= 0.3 is 0 Å². The van der Waals surface area contributed by atoms with Crippen LogP contribution in [0.5, 0.6) is 5.75 Å². The molecule has 3 nitrogen and oxygen atoms in total. The molecule has 0 amide bonds. The van der Waals surface area contributed by atoms with E-state index in [9.17, 15) is 5.11 Å². The van der Waals surface area contributed by atoms with Gasteiger partial charge in [-0.25, -0.2) is 0 Å². The van der Waals surface area contributed by atoms with Crippen molar-refractivity contribution >= 4 is 68.0 Å². The first-order chi connectivity index (χ1) is 10.2. The first-order valence-corrected chi connectivity index (χ1v) is 9.29. The first kappa shape index (κ1) is 21.2. The van der Waals surface area contributed by atoms with Crippen molar-refractivity contribution in [3.63, 3.8) is 0 Å². The normalized spacial score (nSPS) is 16.3. The van der Waals surface area contributed by atoms with Gasteiger partial charge < -0.3 is 10.4 Å². The summed E-state index contributed by atoms with van der Waals surface area (Å²) in [5.74, 6) is 0.329. The van der Waals surface area contributed by atoms with Crippen molar-refractivity contribution in [2.45, 2.75) is 6.04 Å². The van der Waals surface area contributed by atoms with E-state index in [-0.39, 0.29) is 30.9 Å². The maximum Gasteiger partial charge on any atom is 0.134 e. The molecule has 2 aromatic rings. The van der Waals surface area contributed by atoms with Crippen molar-refractivity contribution < 1.29 is 5.11 Å². The predicted octanol–water partition coefficient (Wildman–Crippen LogP) is 4.82. The average Bonchev–Trinajstić information content (AvgIpc) is 2.99. The van der Waals surface area contributed by atoms with Crippen LogP contribution < -0.4 is 5.32 Å². The predicted molar refractivity (Wildman–Crippen MR) is 109 cm³/mol. The standard InChI is InChI=1S/C15H16Br2N2OS.2ClH/c16-10-8-11(15(20)12(17)9-10)14(13-2-1-7-21-13)19-5-3-18-4-6-19;;/h1-2,7-9,14,18,20H,3-6H2;2*1H/t14-;;/m1../s1. The van der Waals surface area contributed by atoms with Gasteiger partial charge in [-0.2, -0.15) is 0 Å². The summed E-state index contributed by atoms with van der Waals surface area (Å²) in [6.07, 6.45) is 0. The van der Waals surface area contributed by atoms with E-state index >= 15 is 0 Å². The molecule has 1 aromatic heterocycles. The highest BCUT2D eigenvalue weighted by Crippen LogP contribution is 2.41. The minimum absolute atomic E-state index is 0. The van der Waals surface area contributed by atoms with Crippen LogP contribution in [0.15, 0.2) is 38.6 Å². The highest BCUT2D eigenvalue weighted by molar-refractivity contribution is 9.11. The van der Waals surface area contributed by atoms with Gasteiger partial charge in [-0.15, -0.1) is 36.2 Å². The van der Waals surface area contributed by atoms with E-state index in [0.717, 1.165) is 40.7 Å². The van der Waals surface area contributed by atoms with Crippen LogP contribution in [-0.2, 0) is 0 Å². The van der Waals surface area contributed by atoms with E-state index < -0.39 is 0 Å². The summed E-state index contributed by atoms with van der Waals surface area (Å²) in [6, 6.07) is 8.21. The van der Waals surface area contributed by atoms with E-state index in [4.69, 9.17) is 0 Å². The summed E-state index contributed by atoms with van der Waals surface area (Å²) in [4.78, 5) is 3.69. The minimum atomic E-state index is 0. The average molecular weight is 505 g/mol. The Balaban J connectivity index is 0.00000132. The monoisotopic (exact) mass is 502 g/mol. The molecule has 0 aliphatic carbocycles. The summed E-state index contributed by atoms with van der Waals surface area (Å²) in [7, 11) is 0. The maximum absolute atomic E-state index is 10.5. The Morgan fingerprint density at radius 3 is 2.48 bits per heavy atom. The molecule has 1 aromatic carbocycles. The number of phenolic OH excluding ortho intramolecular Hbond substituents is 1. The van der Waals surface area contributed by atoms with E-state index in [1.165, 1.54) is 4.88 Å². The van der Waals surface area contributed by atoms with Gasteiger partial charge in [0.15, 0.2) is 0 Å². The van der Waals surface area contributed by atoms with E-state index in [0.29, 0.717) is 5.75 Å². The molecule has 1 atom stereocenters. The number of aromatic hydroxyl groups is 1. The Hall–Kier alpha value is 0.180. The van der Waals surface area contributed by atoms with Gasteiger partial charge in [0.2, 0.25) is 0 Å². The number of halogens is 4. The molecule has 128 valence electrons. The first-order valence-electron chi connectivity index (χ1n) is 6.83. The summed E-state index contributed by atoms with van der Waals surface area (Å²) in [5, 5.41) is 16.0. The molecule has 0 saturated carbocycles. The fourth-order valence-corrected chi connectivity index (χ4v) is 4.85. The Morgan fingerprint density at radius 1 is 1.17 bits per heavy atom.